The summed E-state index contributed by atoms with van der Waals surface area (Å²) in [7, 11) is 0. The molecule has 0 atom stereocenters. The Bertz CT molecular complexity index is 704. The molecule has 0 radical (unpaired) electrons. The average Bonchev–Trinajstić information content (AvgIpc) is 2.74. The molecule has 1 N–H and O–H groups in total. The van der Waals surface area contributed by atoms with Crippen molar-refractivity contribution in [3.8, 4) is 5.69 Å². The summed E-state index contributed by atoms with van der Waals surface area (Å²) in [6.45, 7) is 5.41. The number of nitrogens with zero attached hydrogens (tertiary/aromatic N) is 2. The highest BCUT2D eigenvalue weighted by atomic mass is 16.5. The molecule has 1 heterocycles. The molecule has 21 heavy (non-hydrogen) atoms. The van der Waals surface area contributed by atoms with Crippen LogP contribution in [0.4, 0.5) is 0 Å². The van der Waals surface area contributed by atoms with Gasteiger partial charge in [-0.3, -0.25) is 0 Å². The van der Waals surface area contributed by atoms with E-state index in [0.29, 0.717) is 22.6 Å². The van der Waals surface area contributed by atoms with E-state index < -0.39 is 11.9 Å². The zero-order valence-corrected chi connectivity index (χ0v) is 12.1. The number of hydrogen-bond donors (Lipinski definition) is 1. The normalized spacial score (nSPS) is 10.4. The van der Waals surface area contributed by atoms with Crippen LogP contribution < -0.4 is 0 Å². The third-order valence-corrected chi connectivity index (χ3v) is 3.13. The van der Waals surface area contributed by atoms with Gasteiger partial charge in [0, 0.05) is 0 Å². The zero-order chi connectivity index (χ0) is 15.6. The molecule has 110 valence electrons. The zero-order valence-electron chi connectivity index (χ0n) is 12.1. The molecule has 0 bridgehead atoms. The van der Waals surface area contributed by atoms with Crippen molar-refractivity contribution in [3.63, 3.8) is 0 Å². The van der Waals surface area contributed by atoms with Gasteiger partial charge in [0.05, 0.1) is 29.2 Å². The Balaban J connectivity index is 2.60. The first-order valence-electron chi connectivity index (χ1n) is 6.53. The second-order valence-electron chi connectivity index (χ2n) is 4.50. The van der Waals surface area contributed by atoms with Gasteiger partial charge in [0.2, 0.25) is 0 Å². The van der Waals surface area contributed by atoms with Gasteiger partial charge in [-0.2, -0.15) is 5.10 Å². The Kier molecular flexibility index (Phi) is 4.07. The monoisotopic (exact) mass is 288 g/mol. The van der Waals surface area contributed by atoms with Crippen molar-refractivity contribution in [2.75, 3.05) is 6.61 Å². The Hall–Kier alpha value is -2.63. The summed E-state index contributed by atoms with van der Waals surface area (Å²) in [5.41, 5.74) is 1.97. The van der Waals surface area contributed by atoms with E-state index in [1.54, 1.807) is 39.0 Å². The van der Waals surface area contributed by atoms with Crippen LogP contribution in [0.5, 0.6) is 0 Å². The Morgan fingerprint density at radius 2 is 1.95 bits per heavy atom. The van der Waals surface area contributed by atoms with E-state index in [-0.39, 0.29) is 12.2 Å². The van der Waals surface area contributed by atoms with E-state index in [2.05, 4.69) is 5.10 Å². The van der Waals surface area contributed by atoms with Gasteiger partial charge in [0.25, 0.3) is 0 Å². The highest BCUT2D eigenvalue weighted by Gasteiger charge is 2.22. The van der Waals surface area contributed by atoms with Gasteiger partial charge in [-0.15, -0.1) is 0 Å². The fourth-order valence-electron chi connectivity index (χ4n) is 2.22. The second-order valence-corrected chi connectivity index (χ2v) is 4.50. The van der Waals surface area contributed by atoms with E-state index in [9.17, 15) is 14.7 Å². The second kappa shape index (κ2) is 5.78. The maximum absolute atomic E-state index is 12.0. The predicted octanol–water partition coefficient (Wildman–Crippen LogP) is 2.36. The van der Waals surface area contributed by atoms with Gasteiger partial charge in [-0.1, -0.05) is 12.1 Å². The van der Waals surface area contributed by atoms with E-state index in [1.807, 2.05) is 0 Å². The number of aromatic nitrogens is 2. The first-order chi connectivity index (χ1) is 9.97. The quantitative estimate of drug-likeness (QED) is 0.873. The molecule has 0 saturated heterocycles. The molecule has 0 aliphatic carbocycles. The molecule has 0 spiro atoms. The summed E-state index contributed by atoms with van der Waals surface area (Å²) in [5.74, 6) is -1.50. The minimum Gasteiger partial charge on any atom is -0.478 e. The van der Waals surface area contributed by atoms with Crippen molar-refractivity contribution in [1.82, 2.24) is 9.78 Å². The van der Waals surface area contributed by atoms with Gasteiger partial charge in [-0.25, -0.2) is 14.3 Å². The average molecular weight is 288 g/mol. The van der Waals surface area contributed by atoms with Crippen molar-refractivity contribution in [2.24, 2.45) is 0 Å². The molecule has 0 unspecified atom stereocenters. The summed E-state index contributed by atoms with van der Waals surface area (Å²) in [6, 6.07) is 6.52. The number of ether oxygens (including phenoxy) is 1. The number of aromatic carboxylic acids is 1. The van der Waals surface area contributed by atoms with E-state index in [4.69, 9.17) is 4.74 Å². The number of para-hydroxylation sites is 1. The lowest BCUT2D eigenvalue weighted by Gasteiger charge is -2.08. The van der Waals surface area contributed by atoms with Crippen LogP contribution in [0, 0.1) is 13.8 Å². The van der Waals surface area contributed by atoms with E-state index in [0.717, 1.165) is 0 Å². The summed E-state index contributed by atoms with van der Waals surface area (Å²) < 4.78 is 6.47. The molecule has 2 rings (SSSR count). The van der Waals surface area contributed by atoms with E-state index >= 15 is 0 Å². The number of carbonyl (C=O) groups excluding carboxylic acids is 1. The maximum atomic E-state index is 12.0. The number of carboxylic acid groups (broad SMARTS) is 1. The lowest BCUT2D eigenvalue weighted by molar-refractivity contribution is 0.0524. The fourth-order valence-corrected chi connectivity index (χ4v) is 2.22. The van der Waals surface area contributed by atoms with Crippen LogP contribution in [0.25, 0.3) is 5.69 Å². The number of hydrogen-bond acceptors (Lipinski definition) is 4. The Morgan fingerprint density at radius 1 is 1.29 bits per heavy atom. The largest absolute Gasteiger partial charge is 0.478 e. The number of rotatable bonds is 4. The first kappa shape index (κ1) is 14.8. The lowest BCUT2D eigenvalue weighted by atomic mass is 10.1. The SMILES string of the molecule is CCOC(=O)c1c(C)nn(-c2ccccc2C(=O)O)c1C. The molecule has 0 fully saturated rings. The third-order valence-electron chi connectivity index (χ3n) is 3.13. The summed E-state index contributed by atoms with van der Waals surface area (Å²) in [4.78, 5) is 23.3. The molecule has 0 amide bonds. The standard InChI is InChI=1S/C15H16N2O4/c1-4-21-15(20)13-9(2)16-17(10(13)3)12-8-6-5-7-11(12)14(18)19/h5-8H,4H2,1-3H3,(H,18,19). The van der Waals surface area contributed by atoms with Crippen molar-refractivity contribution >= 4 is 11.9 Å². The van der Waals surface area contributed by atoms with Crippen LogP contribution in [0.2, 0.25) is 0 Å². The Labute approximate surface area is 122 Å². The molecular weight excluding hydrogens is 272 g/mol. The highest BCUT2D eigenvalue weighted by Crippen LogP contribution is 2.21. The minimum atomic E-state index is -1.05. The van der Waals surface area contributed by atoms with Gasteiger partial charge in [-0.05, 0) is 32.9 Å². The summed E-state index contributed by atoms with van der Waals surface area (Å²) >= 11 is 0. The van der Waals surface area contributed by atoms with Crippen LogP contribution in [-0.4, -0.2) is 33.4 Å². The van der Waals surface area contributed by atoms with Crippen molar-refractivity contribution in [2.45, 2.75) is 20.8 Å². The topological polar surface area (TPSA) is 81.4 Å². The van der Waals surface area contributed by atoms with Gasteiger partial charge < -0.3 is 9.84 Å². The minimum absolute atomic E-state index is 0.124. The smallest absolute Gasteiger partial charge is 0.341 e. The number of esters is 1. The number of carboxylic acids is 1. The molecule has 6 nitrogen and oxygen atoms in total. The molecule has 1 aromatic heterocycles. The summed E-state index contributed by atoms with van der Waals surface area (Å²) in [6.07, 6.45) is 0. The molecule has 0 aliphatic heterocycles. The highest BCUT2D eigenvalue weighted by molar-refractivity contribution is 5.94. The van der Waals surface area contributed by atoms with Crippen molar-refractivity contribution < 1.29 is 19.4 Å². The predicted molar refractivity (Wildman–Crippen MR) is 76.0 cm³/mol. The summed E-state index contributed by atoms with van der Waals surface area (Å²) in [5, 5.41) is 13.5. The number of benzene rings is 1. The van der Waals surface area contributed by atoms with Crippen LogP contribution in [0.1, 0.15) is 39.0 Å². The van der Waals surface area contributed by atoms with Crippen molar-refractivity contribution in [3.05, 3.63) is 46.8 Å². The number of carbonyl (C=O) groups is 2. The molecule has 1 aromatic carbocycles. The maximum Gasteiger partial charge on any atom is 0.341 e. The molecule has 0 aliphatic rings. The molecular formula is C15H16N2O4. The molecule has 0 saturated carbocycles. The van der Waals surface area contributed by atoms with E-state index in [1.165, 1.54) is 10.7 Å². The molecule has 6 heteroatoms. The molecule has 2 aromatic rings. The third kappa shape index (κ3) is 2.65. The van der Waals surface area contributed by atoms with Gasteiger partial charge >= 0.3 is 11.9 Å². The van der Waals surface area contributed by atoms with Crippen molar-refractivity contribution in [1.29, 1.82) is 0 Å². The Morgan fingerprint density at radius 3 is 2.57 bits per heavy atom. The first-order valence-corrected chi connectivity index (χ1v) is 6.53. The van der Waals surface area contributed by atoms with Gasteiger partial charge in [0.1, 0.15) is 5.56 Å². The fraction of sp³-hybridized carbons (Fsp3) is 0.267. The van der Waals surface area contributed by atoms with Crippen LogP contribution >= 0.6 is 0 Å². The van der Waals surface area contributed by atoms with Crippen LogP contribution in [-0.2, 0) is 4.74 Å². The van der Waals surface area contributed by atoms with Gasteiger partial charge in [0.15, 0.2) is 0 Å². The number of aryl methyl sites for hydroxylation is 1. The lowest BCUT2D eigenvalue weighted by Crippen LogP contribution is -2.10. The van der Waals surface area contributed by atoms with Crippen LogP contribution in [0.3, 0.4) is 0 Å². The van der Waals surface area contributed by atoms with Crippen LogP contribution in [0.15, 0.2) is 24.3 Å².